The van der Waals surface area contributed by atoms with E-state index >= 15 is 0 Å². The van der Waals surface area contributed by atoms with Gasteiger partial charge in [-0.2, -0.15) is 0 Å². The number of anilines is 1. The number of ether oxygens (including phenoxy) is 1. The summed E-state index contributed by atoms with van der Waals surface area (Å²) < 4.78 is 7.86. The SMILES string of the molecule is CC1CCN(c2nnc(SCC(=O)NCCOc3ccccc3)n2C2CC2)CC1. The van der Waals surface area contributed by atoms with Crippen molar-refractivity contribution in [3.05, 3.63) is 30.3 Å². The topological polar surface area (TPSA) is 72.3 Å². The molecule has 1 N–H and O–H groups in total. The monoisotopic (exact) mass is 415 g/mol. The van der Waals surface area contributed by atoms with Gasteiger partial charge in [-0.1, -0.05) is 36.9 Å². The molecule has 1 aromatic heterocycles. The molecule has 29 heavy (non-hydrogen) atoms. The summed E-state index contributed by atoms with van der Waals surface area (Å²) in [6.45, 7) is 5.34. The van der Waals surface area contributed by atoms with Gasteiger partial charge in [0.1, 0.15) is 12.4 Å². The van der Waals surface area contributed by atoms with Gasteiger partial charge in [-0.05, 0) is 43.7 Å². The van der Waals surface area contributed by atoms with E-state index in [2.05, 4.69) is 31.9 Å². The number of nitrogens with zero attached hydrogens (tertiary/aromatic N) is 4. The van der Waals surface area contributed by atoms with Crippen molar-refractivity contribution in [1.29, 1.82) is 0 Å². The van der Waals surface area contributed by atoms with Gasteiger partial charge in [-0.15, -0.1) is 10.2 Å². The van der Waals surface area contributed by atoms with Crippen molar-refractivity contribution in [1.82, 2.24) is 20.1 Å². The van der Waals surface area contributed by atoms with E-state index in [1.54, 1.807) is 0 Å². The molecule has 1 aliphatic heterocycles. The van der Waals surface area contributed by atoms with Crippen LogP contribution in [0.2, 0.25) is 0 Å². The van der Waals surface area contributed by atoms with Crippen molar-refractivity contribution in [2.75, 3.05) is 36.9 Å². The fourth-order valence-corrected chi connectivity index (χ4v) is 4.33. The number of piperidine rings is 1. The first-order chi connectivity index (χ1) is 14.2. The lowest BCUT2D eigenvalue weighted by molar-refractivity contribution is -0.118. The van der Waals surface area contributed by atoms with Gasteiger partial charge in [0.15, 0.2) is 5.16 Å². The number of aromatic nitrogens is 3. The lowest BCUT2D eigenvalue weighted by atomic mass is 10.00. The Hall–Kier alpha value is -2.22. The second-order valence-corrected chi connectivity index (χ2v) is 8.80. The summed E-state index contributed by atoms with van der Waals surface area (Å²) in [6.07, 6.45) is 4.75. The van der Waals surface area contributed by atoms with Crippen molar-refractivity contribution >= 4 is 23.6 Å². The molecule has 7 nitrogen and oxygen atoms in total. The van der Waals surface area contributed by atoms with Crippen molar-refractivity contribution in [2.24, 2.45) is 5.92 Å². The molecule has 2 heterocycles. The van der Waals surface area contributed by atoms with Gasteiger partial charge in [0.25, 0.3) is 0 Å². The van der Waals surface area contributed by atoms with Crippen molar-refractivity contribution in [3.63, 3.8) is 0 Å². The molecular formula is C21H29N5O2S. The second-order valence-electron chi connectivity index (χ2n) is 7.85. The van der Waals surface area contributed by atoms with Gasteiger partial charge in [-0.25, -0.2) is 0 Å². The number of carbonyl (C=O) groups is 1. The van der Waals surface area contributed by atoms with E-state index in [1.807, 2.05) is 30.3 Å². The van der Waals surface area contributed by atoms with Crippen LogP contribution in [0.4, 0.5) is 5.95 Å². The maximum atomic E-state index is 12.2. The Morgan fingerprint density at radius 1 is 1.17 bits per heavy atom. The summed E-state index contributed by atoms with van der Waals surface area (Å²) in [6, 6.07) is 10.1. The zero-order valence-electron chi connectivity index (χ0n) is 16.9. The van der Waals surface area contributed by atoms with Crippen LogP contribution in [-0.2, 0) is 4.79 Å². The zero-order valence-corrected chi connectivity index (χ0v) is 17.7. The minimum Gasteiger partial charge on any atom is -0.492 e. The van der Waals surface area contributed by atoms with Crippen LogP contribution >= 0.6 is 11.8 Å². The number of hydrogen-bond acceptors (Lipinski definition) is 6. The second kappa shape index (κ2) is 9.52. The van der Waals surface area contributed by atoms with Crippen molar-refractivity contribution in [3.8, 4) is 5.75 Å². The summed E-state index contributed by atoms with van der Waals surface area (Å²) >= 11 is 1.47. The molecule has 1 aromatic carbocycles. The van der Waals surface area contributed by atoms with E-state index in [0.29, 0.717) is 24.9 Å². The summed E-state index contributed by atoms with van der Waals surface area (Å²) in [5, 5.41) is 12.7. The number of carbonyl (C=O) groups excluding carboxylic acids is 1. The third-order valence-electron chi connectivity index (χ3n) is 5.39. The van der Waals surface area contributed by atoms with E-state index in [9.17, 15) is 4.79 Å². The zero-order chi connectivity index (χ0) is 20.1. The van der Waals surface area contributed by atoms with Crippen LogP contribution in [0.5, 0.6) is 5.75 Å². The number of hydrogen-bond donors (Lipinski definition) is 1. The highest BCUT2D eigenvalue weighted by molar-refractivity contribution is 7.99. The molecule has 1 saturated heterocycles. The highest BCUT2D eigenvalue weighted by Gasteiger charge is 2.32. The van der Waals surface area contributed by atoms with Crippen LogP contribution in [0.3, 0.4) is 0 Å². The fraction of sp³-hybridized carbons (Fsp3) is 0.571. The third kappa shape index (κ3) is 5.44. The summed E-state index contributed by atoms with van der Waals surface area (Å²) in [5.41, 5.74) is 0. The van der Waals surface area contributed by atoms with Crippen molar-refractivity contribution < 1.29 is 9.53 Å². The Balaban J connectivity index is 1.25. The first kappa shape index (κ1) is 20.1. The van der Waals surface area contributed by atoms with Gasteiger partial charge < -0.3 is 15.0 Å². The molecule has 156 valence electrons. The van der Waals surface area contributed by atoms with Gasteiger partial charge in [-0.3, -0.25) is 9.36 Å². The molecule has 0 radical (unpaired) electrons. The third-order valence-corrected chi connectivity index (χ3v) is 6.34. The van der Waals surface area contributed by atoms with Crippen LogP contribution in [-0.4, -0.2) is 52.7 Å². The predicted molar refractivity (Wildman–Crippen MR) is 115 cm³/mol. The number of thioether (sulfide) groups is 1. The number of amides is 1. The molecule has 2 fully saturated rings. The van der Waals surface area contributed by atoms with E-state index in [-0.39, 0.29) is 5.91 Å². The molecule has 0 spiro atoms. The molecule has 2 aliphatic rings. The lowest BCUT2D eigenvalue weighted by Crippen LogP contribution is -2.34. The van der Waals surface area contributed by atoms with Crippen molar-refractivity contribution in [2.45, 2.75) is 43.8 Å². The number of rotatable bonds is 9. The van der Waals surface area contributed by atoms with Crippen LogP contribution in [0.1, 0.15) is 38.6 Å². The quantitative estimate of drug-likeness (QED) is 0.501. The summed E-state index contributed by atoms with van der Waals surface area (Å²) in [5.74, 6) is 2.91. The van der Waals surface area contributed by atoms with Gasteiger partial charge in [0, 0.05) is 19.1 Å². The van der Waals surface area contributed by atoms with E-state index in [4.69, 9.17) is 4.74 Å². The Kier molecular flexibility index (Phi) is 6.59. The van der Waals surface area contributed by atoms with E-state index in [1.165, 1.54) is 37.4 Å². The van der Waals surface area contributed by atoms with Gasteiger partial charge in [0.05, 0.1) is 12.3 Å². The highest BCUT2D eigenvalue weighted by atomic mass is 32.2. The molecule has 0 bridgehead atoms. The average molecular weight is 416 g/mol. The molecule has 4 rings (SSSR count). The number of para-hydroxylation sites is 1. The minimum absolute atomic E-state index is 0.00893. The van der Waals surface area contributed by atoms with Crippen LogP contribution in [0, 0.1) is 5.92 Å². The summed E-state index contributed by atoms with van der Waals surface area (Å²) in [7, 11) is 0. The normalized spacial score (nSPS) is 17.3. The standard InChI is InChI=1S/C21H29N5O2S/c1-16-9-12-25(13-10-16)20-23-24-21(26(20)17-7-8-17)29-15-19(27)22-11-14-28-18-5-3-2-4-6-18/h2-6,16-17H,7-15H2,1H3,(H,22,27). The maximum Gasteiger partial charge on any atom is 0.230 e. The molecule has 8 heteroatoms. The predicted octanol–water partition coefficient (Wildman–Crippen LogP) is 3.14. The number of nitrogens with one attached hydrogen (secondary N) is 1. The Bertz CT molecular complexity index is 801. The molecule has 2 aromatic rings. The average Bonchev–Trinajstić information content (AvgIpc) is 3.50. The Morgan fingerprint density at radius 3 is 2.66 bits per heavy atom. The fourth-order valence-electron chi connectivity index (χ4n) is 3.50. The molecule has 0 unspecified atom stereocenters. The maximum absolute atomic E-state index is 12.2. The molecule has 1 aliphatic carbocycles. The Morgan fingerprint density at radius 2 is 1.93 bits per heavy atom. The first-order valence-corrected chi connectivity index (χ1v) is 11.5. The van der Waals surface area contributed by atoms with Gasteiger partial charge >= 0.3 is 0 Å². The summed E-state index contributed by atoms with van der Waals surface area (Å²) in [4.78, 5) is 14.6. The molecule has 1 amide bonds. The van der Waals surface area contributed by atoms with Crippen LogP contribution < -0.4 is 15.0 Å². The molecule has 1 saturated carbocycles. The molecular weight excluding hydrogens is 386 g/mol. The van der Waals surface area contributed by atoms with Crippen LogP contribution in [0.25, 0.3) is 0 Å². The van der Waals surface area contributed by atoms with E-state index in [0.717, 1.165) is 35.9 Å². The Labute approximate surface area is 176 Å². The largest absolute Gasteiger partial charge is 0.492 e. The highest BCUT2D eigenvalue weighted by Crippen LogP contribution is 2.41. The van der Waals surface area contributed by atoms with E-state index < -0.39 is 0 Å². The number of benzene rings is 1. The lowest BCUT2D eigenvalue weighted by Gasteiger charge is -2.31. The minimum atomic E-state index is -0.00893. The van der Waals surface area contributed by atoms with Crippen LogP contribution in [0.15, 0.2) is 35.5 Å². The smallest absolute Gasteiger partial charge is 0.230 e. The molecule has 0 atom stereocenters. The van der Waals surface area contributed by atoms with Gasteiger partial charge in [0.2, 0.25) is 11.9 Å². The first-order valence-electron chi connectivity index (χ1n) is 10.5.